The highest BCUT2D eigenvalue weighted by Gasteiger charge is 2.46. The van der Waals surface area contributed by atoms with Gasteiger partial charge in [-0.25, -0.2) is 4.39 Å². The van der Waals surface area contributed by atoms with Gasteiger partial charge in [0.05, 0.1) is 6.61 Å². The first-order valence-corrected chi connectivity index (χ1v) is 15.2. The molecule has 0 unspecified atom stereocenters. The molecule has 0 saturated heterocycles. The van der Waals surface area contributed by atoms with E-state index in [1.54, 1.807) is 6.07 Å². The fourth-order valence-electron chi connectivity index (χ4n) is 4.88. The van der Waals surface area contributed by atoms with Gasteiger partial charge in [-0.1, -0.05) is 106 Å². The summed E-state index contributed by atoms with van der Waals surface area (Å²) in [6.45, 7) is 2.78. The zero-order valence-corrected chi connectivity index (χ0v) is 24.1. The molecule has 0 amide bonds. The maximum Gasteiger partial charge on any atom is 0.171 e. The van der Waals surface area contributed by atoms with Gasteiger partial charge in [-0.3, -0.25) is 0 Å². The van der Waals surface area contributed by atoms with Crippen molar-refractivity contribution >= 4 is 23.2 Å². The molecule has 4 rings (SSSR count). The van der Waals surface area contributed by atoms with Crippen LogP contribution in [-0.2, 0) is 6.16 Å². The molecule has 0 aromatic heterocycles. The standard InChI is InChI=1S/C33H37FOP.BrH/c1-2-3-4-5-6-16-26-35-32-25-17-18-28(33(32)34)27-36(29-19-10-7-11-20-29,30-21-12-8-13-22-30)31-23-14-9-15-24-31;/h7-15,17-25H,2-6,16,26-27H2,1H3;1H/q+1;/p-1. The zero-order chi connectivity index (χ0) is 25.1. The van der Waals surface area contributed by atoms with Crippen LogP contribution in [0.2, 0.25) is 0 Å². The van der Waals surface area contributed by atoms with Crippen molar-refractivity contribution in [2.45, 2.75) is 51.6 Å². The molecule has 37 heavy (non-hydrogen) atoms. The highest BCUT2D eigenvalue weighted by atomic mass is 79.9. The lowest BCUT2D eigenvalue weighted by atomic mass is 10.1. The third kappa shape index (κ3) is 7.30. The molecule has 0 N–H and O–H groups in total. The maximum absolute atomic E-state index is 15.9. The van der Waals surface area contributed by atoms with Crippen LogP contribution in [0.1, 0.15) is 51.0 Å². The monoisotopic (exact) mass is 578 g/mol. The highest BCUT2D eigenvalue weighted by molar-refractivity contribution is 7.95. The normalized spacial score (nSPS) is 11.1. The Morgan fingerprint density at radius 3 is 1.59 bits per heavy atom. The van der Waals surface area contributed by atoms with Gasteiger partial charge in [0.25, 0.3) is 0 Å². The molecule has 0 aliphatic heterocycles. The number of rotatable bonds is 13. The van der Waals surface area contributed by atoms with E-state index in [9.17, 15) is 0 Å². The third-order valence-corrected chi connectivity index (χ3v) is 11.2. The summed E-state index contributed by atoms with van der Waals surface area (Å²) >= 11 is 0. The largest absolute Gasteiger partial charge is 1.00 e. The molecule has 4 heteroatoms. The summed E-state index contributed by atoms with van der Waals surface area (Å²) in [5.74, 6) is 0.143. The van der Waals surface area contributed by atoms with Gasteiger partial charge < -0.3 is 21.7 Å². The van der Waals surface area contributed by atoms with Gasteiger partial charge in [-0.05, 0) is 48.9 Å². The smallest absolute Gasteiger partial charge is 0.171 e. The van der Waals surface area contributed by atoms with E-state index in [4.69, 9.17) is 4.74 Å². The van der Waals surface area contributed by atoms with Crippen LogP contribution in [-0.4, -0.2) is 6.61 Å². The predicted molar refractivity (Wildman–Crippen MR) is 154 cm³/mol. The van der Waals surface area contributed by atoms with Crippen molar-refractivity contribution in [2.24, 2.45) is 0 Å². The summed E-state index contributed by atoms with van der Waals surface area (Å²) in [4.78, 5) is 0. The van der Waals surface area contributed by atoms with Crippen molar-refractivity contribution in [3.05, 3.63) is 121 Å². The second kappa shape index (κ2) is 15.1. The van der Waals surface area contributed by atoms with E-state index < -0.39 is 7.26 Å². The van der Waals surface area contributed by atoms with E-state index in [2.05, 4.69) is 79.7 Å². The Kier molecular flexibility index (Phi) is 11.8. The van der Waals surface area contributed by atoms with Crippen LogP contribution in [0.15, 0.2) is 109 Å². The van der Waals surface area contributed by atoms with Crippen molar-refractivity contribution < 1.29 is 26.1 Å². The van der Waals surface area contributed by atoms with E-state index in [-0.39, 0.29) is 22.8 Å². The Balaban J connectivity index is 0.00000380. The van der Waals surface area contributed by atoms with Crippen LogP contribution in [0, 0.1) is 5.82 Å². The molecule has 0 aliphatic carbocycles. The topological polar surface area (TPSA) is 9.23 Å². The van der Waals surface area contributed by atoms with E-state index >= 15 is 4.39 Å². The first-order chi connectivity index (χ1) is 17.8. The van der Waals surface area contributed by atoms with Crippen molar-refractivity contribution in [1.29, 1.82) is 0 Å². The van der Waals surface area contributed by atoms with Gasteiger partial charge in [-0.2, -0.15) is 0 Å². The summed E-state index contributed by atoms with van der Waals surface area (Å²) in [6, 6.07) is 37.5. The fraction of sp³-hybridized carbons (Fsp3) is 0.273. The summed E-state index contributed by atoms with van der Waals surface area (Å²) in [5.41, 5.74) is 0.709. The van der Waals surface area contributed by atoms with Gasteiger partial charge in [0.1, 0.15) is 29.3 Å². The zero-order valence-electron chi connectivity index (χ0n) is 21.7. The second-order valence-corrected chi connectivity index (χ2v) is 12.8. The molecule has 0 saturated carbocycles. The van der Waals surface area contributed by atoms with E-state index in [1.807, 2.05) is 30.3 Å². The molecular formula is C33H37BrFOP. The molecule has 0 atom stereocenters. The molecular weight excluding hydrogens is 542 g/mol. The molecule has 1 nitrogen and oxygen atoms in total. The summed E-state index contributed by atoms with van der Waals surface area (Å²) in [6.07, 6.45) is 7.71. The van der Waals surface area contributed by atoms with Crippen LogP contribution in [0.25, 0.3) is 0 Å². The molecule has 4 aromatic rings. The first kappa shape index (κ1) is 29.1. The van der Waals surface area contributed by atoms with Gasteiger partial charge in [0.2, 0.25) is 0 Å². The average molecular weight is 580 g/mol. The number of hydrogen-bond donors (Lipinski definition) is 0. The van der Waals surface area contributed by atoms with Crippen molar-refractivity contribution in [2.75, 3.05) is 6.61 Å². The quantitative estimate of drug-likeness (QED) is 0.159. The Morgan fingerprint density at radius 1 is 0.595 bits per heavy atom. The van der Waals surface area contributed by atoms with Gasteiger partial charge >= 0.3 is 0 Å². The van der Waals surface area contributed by atoms with Crippen LogP contribution in [0.5, 0.6) is 5.75 Å². The minimum absolute atomic E-state index is 0. The lowest BCUT2D eigenvalue weighted by Gasteiger charge is -2.28. The van der Waals surface area contributed by atoms with Crippen molar-refractivity contribution in [3.8, 4) is 5.75 Å². The van der Waals surface area contributed by atoms with Crippen LogP contribution in [0.3, 0.4) is 0 Å². The number of ether oxygens (including phenoxy) is 1. The summed E-state index contributed by atoms with van der Waals surface area (Å²) in [5, 5.41) is 3.75. The Bertz CT molecular complexity index is 1090. The molecule has 4 aromatic carbocycles. The van der Waals surface area contributed by atoms with Gasteiger partial charge in [-0.15, -0.1) is 0 Å². The van der Waals surface area contributed by atoms with Crippen LogP contribution < -0.4 is 37.6 Å². The molecule has 0 radical (unpaired) electrons. The Morgan fingerprint density at radius 2 is 1.08 bits per heavy atom. The lowest BCUT2D eigenvalue weighted by molar-refractivity contribution is -0.00000812. The molecule has 0 aliphatic rings. The highest BCUT2D eigenvalue weighted by Crippen LogP contribution is 2.58. The average Bonchev–Trinajstić information content (AvgIpc) is 2.94. The second-order valence-electron chi connectivity index (χ2n) is 9.32. The lowest BCUT2D eigenvalue weighted by Crippen LogP contribution is -3.00. The minimum Gasteiger partial charge on any atom is -1.00 e. The molecule has 0 fully saturated rings. The number of unbranched alkanes of at least 4 members (excludes halogenated alkanes) is 5. The van der Waals surface area contributed by atoms with Gasteiger partial charge in [0.15, 0.2) is 11.6 Å². The number of benzene rings is 4. The maximum atomic E-state index is 15.9. The van der Waals surface area contributed by atoms with Crippen LogP contribution >= 0.6 is 7.26 Å². The van der Waals surface area contributed by atoms with E-state index in [0.717, 1.165) is 12.8 Å². The molecule has 0 heterocycles. The van der Waals surface area contributed by atoms with Gasteiger partial charge in [0, 0.05) is 5.56 Å². The minimum atomic E-state index is -2.16. The Hall–Kier alpha value is -2.48. The fourth-order valence-corrected chi connectivity index (χ4v) is 9.12. The molecule has 194 valence electrons. The Labute approximate surface area is 233 Å². The molecule has 0 bridgehead atoms. The third-order valence-electron chi connectivity index (χ3n) is 6.80. The van der Waals surface area contributed by atoms with E-state index in [0.29, 0.717) is 24.1 Å². The number of hydrogen-bond acceptors (Lipinski definition) is 1. The van der Waals surface area contributed by atoms with Crippen LogP contribution in [0.4, 0.5) is 4.39 Å². The van der Waals surface area contributed by atoms with Crippen molar-refractivity contribution in [1.82, 2.24) is 0 Å². The first-order valence-electron chi connectivity index (χ1n) is 13.2. The summed E-state index contributed by atoms with van der Waals surface area (Å²) < 4.78 is 21.9. The van der Waals surface area contributed by atoms with E-state index in [1.165, 1.54) is 41.6 Å². The molecule has 0 spiro atoms. The SMILES string of the molecule is CCCCCCCCOc1cccc(C[P+](c2ccccc2)(c2ccccc2)c2ccccc2)c1F.[Br-]. The van der Waals surface area contributed by atoms with Crippen molar-refractivity contribution in [3.63, 3.8) is 0 Å². The predicted octanol–water partition coefficient (Wildman–Crippen LogP) is 5.06. The summed E-state index contributed by atoms with van der Waals surface area (Å²) in [7, 11) is -2.16. The number of halogens is 2.